The van der Waals surface area contributed by atoms with Crippen LogP contribution in [0, 0.1) is 0 Å². The minimum Gasteiger partial charge on any atom is -0.480 e. The number of amides is 1. The Morgan fingerprint density at radius 3 is 2.34 bits per heavy atom. The summed E-state index contributed by atoms with van der Waals surface area (Å²) in [4.78, 5) is 36.6. The fourth-order valence-corrected chi connectivity index (χ4v) is 3.20. The molecule has 168 valence electrons. The van der Waals surface area contributed by atoms with Crippen molar-refractivity contribution < 1.29 is 29.0 Å². The topological polar surface area (TPSA) is 107 Å². The van der Waals surface area contributed by atoms with Crippen LogP contribution >= 0.6 is 0 Å². The van der Waals surface area contributed by atoms with Crippen LogP contribution in [-0.2, 0) is 27.3 Å². The second-order valence-electron chi connectivity index (χ2n) is 8.32. The molecule has 8 heteroatoms. The van der Waals surface area contributed by atoms with Gasteiger partial charge in [-0.05, 0) is 38.0 Å². The third kappa shape index (κ3) is 5.87. The first-order chi connectivity index (χ1) is 15.1. The molecule has 32 heavy (non-hydrogen) atoms. The third-order valence-electron chi connectivity index (χ3n) is 4.61. The van der Waals surface area contributed by atoms with Crippen LogP contribution in [0.1, 0.15) is 31.9 Å². The first kappa shape index (κ1) is 22.9. The minimum absolute atomic E-state index is 0.0248. The van der Waals surface area contributed by atoms with Crippen molar-refractivity contribution in [3.8, 4) is 0 Å². The average molecular weight is 438 g/mol. The van der Waals surface area contributed by atoms with Gasteiger partial charge in [0.05, 0.1) is 5.52 Å². The third-order valence-corrected chi connectivity index (χ3v) is 4.61. The Morgan fingerprint density at radius 2 is 1.69 bits per heavy atom. The van der Waals surface area contributed by atoms with Crippen LogP contribution in [0.5, 0.6) is 0 Å². The van der Waals surface area contributed by atoms with E-state index >= 15 is 0 Å². The number of alkyl carbamates (subject to hydrolysis) is 1. The molecule has 3 aromatic rings. The number of rotatable bonds is 6. The van der Waals surface area contributed by atoms with Gasteiger partial charge in [0.15, 0.2) is 0 Å². The molecular formula is C24H26N2O6. The van der Waals surface area contributed by atoms with Crippen molar-refractivity contribution in [2.75, 3.05) is 0 Å². The number of aliphatic carboxylic acids is 1. The molecule has 2 N–H and O–H groups in total. The second-order valence-corrected chi connectivity index (χ2v) is 8.32. The van der Waals surface area contributed by atoms with Gasteiger partial charge in [-0.1, -0.05) is 48.5 Å². The summed E-state index contributed by atoms with van der Waals surface area (Å²) in [6, 6.07) is 14.9. The number of aromatic nitrogens is 1. The van der Waals surface area contributed by atoms with E-state index in [0.29, 0.717) is 16.5 Å². The van der Waals surface area contributed by atoms with Crippen LogP contribution in [0.4, 0.5) is 9.59 Å². The van der Waals surface area contributed by atoms with Crippen molar-refractivity contribution >= 4 is 29.1 Å². The van der Waals surface area contributed by atoms with E-state index in [-0.39, 0.29) is 13.0 Å². The molecule has 0 aliphatic carbocycles. The molecule has 8 nitrogen and oxygen atoms in total. The van der Waals surface area contributed by atoms with Gasteiger partial charge in [-0.3, -0.25) is 4.57 Å². The fraction of sp³-hybridized carbons (Fsp3) is 0.292. The minimum atomic E-state index is -1.24. The van der Waals surface area contributed by atoms with E-state index in [0.717, 1.165) is 5.56 Å². The highest BCUT2D eigenvalue weighted by molar-refractivity contribution is 5.92. The predicted octanol–water partition coefficient (Wildman–Crippen LogP) is 4.35. The Labute approximate surface area is 185 Å². The summed E-state index contributed by atoms with van der Waals surface area (Å²) in [5.41, 5.74) is 1.28. The smallest absolute Gasteiger partial charge is 0.419 e. The number of para-hydroxylation sites is 1. The molecule has 3 rings (SSSR count). The lowest BCUT2D eigenvalue weighted by Crippen LogP contribution is -2.42. The highest BCUT2D eigenvalue weighted by atomic mass is 16.6. The standard InChI is InChI=1S/C24H26N2O6/c1-24(2,3)32-23(30)26-14-17(18-11-7-8-12-20(18)26)13-19(21(27)28)25-22(29)31-15-16-9-5-4-6-10-16/h4-12,14,19H,13,15H2,1-3H3,(H,25,29)(H,27,28)/t19-/m1/s1. The number of carbonyl (C=O) groups is 3. The zero-order valence-corrected chi connectivity index (χ0v) is 18.2. The van der Waals surface area contributed by atoms with E-state index in [1.54, 1.807) is 63.4 Å². The Hall–Kier alpha value is -3.81. The van der Waals surface area contributed by atoms with Crippen molar-refractivity contribution in [1.29, 1.82) is 0 Å². The molecule has 0 bridgehead atoms. The van der Waals surface area contributed by atoms with E-state index in [1.807, 2.05) is 18.2 Å². The lowest BCUT2D eigenvalue weighted by molar-refractivity contribution is -0.139. The predicted molar refractivity (Wildman–Crippen MR) is 118 cm³/mol. The summed E-state index contributed by atoms with van der Waals surface area (Å²) in [6.45, 7) is 5.33. The Morgan fingerprint density at radius 1 is 1.03 bits per heavy atom. The Kier molecular flexibility index (Phi) is 6.82. The first-order valence-electron chi connectivity index (χ1n) is 10.2. The molecular weight excluding hydrogens is 412 g/mol. The lowest BCUT2D eigenvalue weighted by Gasteiger charge is -2.19. The highest BCUT2D eigenvalue weighted by Gasteiger charge is 2.25. The largest absolute Gasteiger partial charge is 0.480 e. The molecule has 0 aliphatic rings. The summed E-state index contributed by atoms with van der Waals surface area (Å²) in [7, 11) is 0. The molecule has 1 heterocycles. The number of carbonyl (C=O) groups excluding carboxylic acids is 2. The SMILES string of the molecule is CC(C)(C)OC(=O)n1cc(C[C@@H](NC(=O)OCc2ccccc2)C(=O)O)c2ccccc21. The van der Waals surface area contributed by atoms with Crippen LogP contribution in [0.25, 0.3) is 10.9 Å². The number of hydrogen-bond donors (Lipinski definition) is 2. The summed E-state index contributed by atoms with van der Waals surface area (Å²) >= 11 is 0. The van der Waals surface area contributed by atoms with Crippen LogP contribution in [-0.4, -0.2) is 39.5 Å². The maximum Gasteiger partial charge on any atom is 0.419 e. The number of nitrogens with one attached hydrogen (secondary N) is 1. The van der Waals surface area contributed by atoms with Crippen LogP contribution in [0.2, 0.25) is 0 Å². The number of hydrogen-bond acceptors (Lipinski definition) is 5. The molecule has 1 aromatic heterocycles. The van der Waals surface area contributed by atoms with Gasteiger partial charge in [0, 0.05) is 18.0 Å². The molecule has 0 radical (unpaired) electrons. The van der Waals surface area contributed by atoms with Gasteiger partial charge in [0.2, 0.25) is 0 Å². The zero-order chi connectivity index (χ0) is 23.3. The molecule has 0 fully saturated rings. The molecule has 0 saturated heterocycles. The molecule has 0 spiro atoms. The molecule has 1 atom stereocenters. The van der Waals surface area contributed by atoms with Crippen molar-refractivity contribution in [3.63, 3.8) is 0 Å². The number of benzene rings is 2. The van der Waals surface area contributed by atoms with Gasteiger partial charge in [-0.2, -0.15) is 0 Å². The van der Waals surface area contributed by atoms with Gasteiger partial charge < -0.3 is 19.9 Å². The zero-order valence-electron chi connectivity index (χ0n) is 18.2. The molecule has 0 unspecified atom stereocenters. The van der Waals surface area contributed by atoms with Gasteiger partial charge in [0.1, 0.15) is 18.2 Å². The normalized spacial score (nSPS) is 12.2. The number of ether oxygens (including phenoxy) is 2. The van der Waals surface area contributed by atoms with E-state index in [4.69, 9.17) is 9.47 Å². The quantitative estimate of drug-likeness (QED) is 0.593. The number of carboxylic acids is 1. The van der Waals surface area contributed by atoms with Crippen LogP contribution < -0.4 is 5.32 Å². The molecule has 0 saturated carbocycles. The van der Waals surface area contributed by atoms with Gasteiger partial charge in [0.25, 0.3) is 0 Å². The second kappa shape index (κ2) is 9.55. The number of fused-ring (bicyclic) bond motifs is 1. The summed E-state index contributed by atoms with van der Waals surface area (Å²) < 4.78 is 11.9. The maximum atomic E-state index is 12.6. The summed E-state index contributed by atoms with van der Waals surface area (Å²) in [5.74, 6) is -1.21. The van der Waals surface area contributed by atoms with Crippen molar-refractivity contribution in [2.45, 2.75) is 45.4 Å². The molecule has 2 aromatic carbocycles. The van der Waals surface area contributed by atoms with Gasteiger partial charge >= 0.3 is 18.2 Å². The van der Waals surface area contributed by atoms with Gasteiger partial charge in [-0.15, -0.1) is 0 Å². The monoisotopic (exact) mass is 438 g/mol. The number of nitrogens with zero attached hydrogens (tertiary/aromatic N) is 1. The summed E-state index contributed by atoms with van der Waals surface area (Å²) in [5, 5.41) is 12.7. The van der Waals surface area contributed by atoms with Crippen molar-refractivity contribution in [3.05, 3.63) is 71.9 Å². The molecule has 0 aliphatic heterocycles. The van der Waals surface area contributed by atoms with Gasteiger partial charge in [-0.25, -0.2) is 14.4 Å². The number of carboxylic acid groups (broad SMARTS) is 1. The first-order valence-corrected chi connectivity index (χ1v) is 10.2. The fourth-order valence-electron chi connectivity index (χ4n) is 3.20. The molecule has 1 amide bonds. The Bertz CT molecular complexity index is 1110. The maximum absolute atomic E-state index is 12.6. The summed E-state index contributed by atoms with van der Waals surface area (Å²) in [6.07, 6.45) is 0.108. The van der Waals surface area contributed by atoms with E-state index in [1.165, 1.54) is 4.57 Å². The van der Waals surface area contributed by atoms with Crippen LogP contribution in [0.15, 0.2) is 60.8 Å². The highest BCUT2D eigenvalue weighted by Crippen LogP contribution is 2.24. The van der Waals surface area contributed by atoms with E-state index < -0.39 is 29.8 Å². The lowest BCUT2D eigenvalue weighted by atomic mass is 10.1. The average Bonchev–Trinajstić information content (AvgIpc) is 3.10. The Balaban J connectivity index is 1.77. The van der Waals surface area contributed by atoms with E-state index in [9.17, 15) is 19.5 Å². The van der Waals surface area contributed by atoms with E-state index in [2.05, 4.69) is 5.32 Å². The van der Waals surface area contributed by atoms with Crippen molar-refractivity contribution in [2.24, 2.45) is 0 Å². The van der Waals surface area contributed by atoms with Crippen LogP contribution in [0.3, 0.4) is 0 Å². The van der Waals surface area contributed by atoms with Crippen molar-refractivity contribution in [1.82, 2.24) is 9.88 Å².